The Morgan fingerprint density at radius 2 is 1.61 bits per heavy atom. The first-order valence-corrected chi connectivity index (χ1v) is 10.2. The Bertz CT molecular complexity index is 973. The number of carbonyl (C=O) groups excluding carboxylic acids is 3. The van der Waals surface area contributed by atoms with Crippen molar-refractivity contribution in [2.75, 3.05) is 6.26 Å². The molecule has 2 N–H and O–H groups in total. The zero-order valence-electron chi connectivity index (χ0n) is 15.3. The van der Waals surface area contributed by atoms with E-state index in [2.05, 4.69) is 10.6 Å². The summed E-state index contributed by atoms with van der Waals surface area (Å²) < 4.78 is 28.5. The minimum absolute atomic E-state index is 0.182. The van der Waals surface area contributed by atoms with Gasteiger partial charge in [-0.15, -0.1) is 0 Å². The van der Waals surface area contributed by atoms with E-state index in [0.717, 1.165) is 11.8 Å². The minimum atomic E-state index is -3.65. The lowest BCUT2D eigenvalue weighted by molar-refractivity contribution is -0.127. The average Bonchev–Trinajstić information content (AvgIpc) is 2.66. The van der Waals surface area contributed by atoms with Crippen LogP contribution in [0.5, 0.6) is 0 Å². The van der Waals surface area contributed by atoms with E-state index in [-0.39, 0.29) is 17.0 Å². The second-order valence-electron chi connectivity index (χ2n) is 5.97. The van der Waals surface area contributed by atoms with Gasteiger partial charge in [-0.1, -0.05) is 42.5 Å². The molecule has 9 heteroatoms. The summed E-state index contributed by atoms with van der Waals surface area (Å²) in [6, 6.07) is 13.9. The number of nitrogens with one attached hydrogen (secondary N) is 2. The Hall–Kier alpha value is -3.20. The van der Waals surface area contributed by atoms with E-state index in [1.54, 1.807) is 0 Å². The predicted molar refractivity (Wildman–Crippen MR) is 101 cm³/mol. The quantitative estimate of drug-likeness (QED) is 0.707. The fourth-order valence-electron chi connectivity index (χ4n) is 2.27. The van der Waals surface area contributed by atoms with Gasteiger partial charge >= 0.3 is 12.0 Å². The maximum atomic E-state index is 12.3. The SMILES string of the molecule is C[C@@H](OC(=O)c1ccccc1S(C)(=O)=O)C(=O)NC(=O)NCc1ccccc1. The molecule has 0 spiro atoms. The van der Waals surface area contributed by atoms with Gasteiger partial charge in [-0.3, -0.25) is 10.1 Å². The lowest BCUT2D eigenvalue weighted by Gasteiger charge is -2.14. The number of carbonyl (C=O) groups is 3. The third-order valence-electron chi connectivity index (χ3n) is 3.69. The molecule has 3 amide bonds. The molecule has 0 fully saturated rings. The largest absolute Gasteiger partial charge is 0.449 e. The highest BCUT2D eigenvalue weighted by Gasteiger charge is 2.24. The Balaban J connectivity index is 1.93. The highest BCUT2D eigenvalue weighted by atomic mass is 32.2. The molecule has 2 aromatic carbocycles. The van der Waals surface area contributed by atoms with Crippen LogP contribution < -0.4 is 10.6 Å². The predicted octanol–water partition coefficient (Wildman–Crippen LogP) is 1.66. The van der Waals surface area contributed by atoms with Gasteiger partial charge in [0.05, 0.1) is 10.5 Å². The molecular weight excluding hydrogens is 384 g/mol. The van der Waals surface area contributed by atoms with E-state index in [0.29, 0.717) is 0 Å². The molecule has 0 aromatic heterocycles. The van der Waals surface area contributed by atoms with Crippen molar-refractivity contribution in [1.82, 2.24) is 10.6 Å². The van der Waals surface area contributed by atoms with Crippen LogP contribution in [0.1, 0.15) is 22.8 Å². The molecule has 0 aliphatic carbocycles. The van der Waals surface area contributed by atoms with Crippen molar-refractivity contribution in [2.45, 2.75) is 24.5 Å². The van der Waals surface area contributed by atoms with Gasteiger partial charge in [-0.25, -0.2) is 18.0 Å². The smallest absolute Gasteiger partial charge is 0.340 e. The van der Waals surface area contributed by atoms with Crippen molar-refractivity contribution in [3.05, 3.63) is 65.7 Å². The van der Waals surface area contributed by atoms with E-state index < -0.39 is 33.8 Å². The molecule has 0 radical (unpaired) electrons. The molecule has 0 aliphatic heterocycles. The Morgan fingerprint density at radius 3 is 2.25 bits per heavy atom. The molecule has 0 saturated carbocycles. The Labute approximate surface area is 162 Å². The lowest BCUT2D eigenvalue weighted by atomic mass is 10.2. The fourth-order valence-corrected chi connectivity index (χ4v) is 3.15. The maximum Gasteiger partial charge on any atom is 0.340 e. The number of amides is 3. The van der Waals surface area contributed by atoms with E-state index in [9.17, 15) is 22.8 Å². The van der Waals surface area contributed by atoms with Crippen LogP contribution in [0.25, 0.3) is 0 Å². The molecule has 0 unspecified atom stereocenters. The molecule has 148 valence electrons. The molecular formula is C19H20N2O6S. The van der Waals surface area contributed by atoms with E-state index >= 15 is 0 Å². The van der Waals surface area contributed by atoms with Crippen LogP contribution >= 0.6 is 0 Å². The number of benzene rings is 2. The van der Waals surface area contributed by atoms with Gasteiger partial charge < -0.3 is 10.1 Å². The monoisotopic (exact) mass is 404 g/mol. The van der Waals surface area contributed by atoms with Crippen molar-refractivity contribution >= 4 is 27.7 Å². The van der Waals surface area contributed by atoms with Gasteiger partial charge in [0.25, 0.3) is 5.91 Å². The first-order chi connectivity index (χ1) is 13.2. The number of rotatable bonds is 6. The number of esters is 1. The van der Waals surface area contributed by atoms with Crippen LogP contribution in [0, 0.1) is 0 Å². The van der Waals surface area contributed by atoms with Crippen LogP contribution in [0.2, 0.25) is 0 Å². The molecule has 1 atom stereocenters. The third-order valence-corrected chi connectivity index (χ3v) is 4.85. The molecule has 0 aliphatic rings. The topological polar surface area (TPSA) is 119 Å². The summed E-state index contributed by atoms with van der Waals surface area (Å²) in [7, 11) is -3.65. The summed E-state index contributed by atoms with van der Waals surface area (Å²) in [5.41, 5.74) is 0.667. The number of hydrogen-bond acceptors (Lipinski definition) is 6. The minimum Gasteiger partial charge on any atom is -0.449 e. The van der Waals surface area contributed by atoms with Gasteiger partial charge in [0, 0.05) is 12.8 Å². The summed E-state index contributed by atoms with van der Waals surface area (Å²) in [5, 5.41) is 4.58. The van der Waals surface area contributed by atoms with Crippen LogP contribution in [0.4, 0.5) is 4.79 Å². The molecule has 0 bridgehead atoms. The molecule has 8 nitrogen and oxygen atoms in total. The Kier molecular flexibility index (Phi) is 6.89. The van der Waals surface area contributed by atoms with Crippen molar-refractivity contribution in [2.24, 2.45) is 0 Å². The number of ether oxygens (including phenoxy) is 1. The first-order valence-electron chi connectivity index (χ1n) is 8.31. The fraction of sp³-hybridized carbons (Fsp3) is 0.211. The van der Waals surface area contributed by atoms with E-state index in [4.69, 9.17) is 4.74 Å². The lowest BCUT2D eigenvalue weighted by Crippen LogP contribution is -2.44. The van der Waals surface area contributed by atoms with Crippen molar-refractivity contribution in [3.63, 3.8) is 0 Å². The molecule has 0 heterocycles. The molecule has 0 saturated heterocycles. The zero-order chi connectivity index (χ0) is 20.7. The summed E-state index contributed by atoms with van der Waals surface area (Å²) in [6.07, 6.45) is -0.339. The van der Waals surface area contributed by atoms with Gasteiger partial charge in [-0.2, -0.15) is 0 Å². The zero-order valence-corrected chi connectivity index (χ0v) is 16.2. The molecule has 2 aromatic rings. The van der Waals surface area contributed by atoms with Crippen LogP contribution in [0.15, 0.2) is 59.5 Å². The highest BCUT2D eigenvalue weighted by molar-refractivity contribution is 7.90. The van der Waals surface area contributed by atoms with Crippen molar-refractivity contribution < 1.29 is 27.5 Å². The number of hydrogen-bond donors (Lipinski definition) is 2. The van der Waals surface area contributed by atoms with Crippen LogP contribution in [0.3, 0.4) is 0 Å². The summed E-state index contributed by atoms with van der Waals surface area (Å²) in [5.74, 6) is -1.82. The number of imide groups is 1. The first kappa shape index (κ1) is 21.1. The number of sulfone groups is 1. The highest BCUT2D eigenvalue weighted by Crippen LogP contribution is 2.17. The van der Waals surface area contributed by atoms with Gasteiger partial charge in [-0.05, 0) is 24.6 Å². The van der Waals surface area contributed by atoms with Crippen LogP contribution in [-0.2, 0) is 25.9 Å². The maximum absolute atomic E-state index is 12.3. The molecule has 2 rings (SSSR count). The Morgan fingerprint density at radius 1 is 1.00 bits per heavy atom. The number of urea groups is 1. The van der Waals surface area contributed by atoms with Gasteiger partial charge in [0.1, 0.15) is 0 Å². The normalized spacial score (nSPS) is 11.9. The molecule has 28 heavy (non-hydrogen) atoms. The summed E-state index contributed by atoms with van der Waals surface area (Å²) in [6.45, 7) is 1.50. The van der Waals surface area contributed by atoms with E-state index in [1.807, 2.05) is 30.3 Å². The second kappa shape index (κ2) is 9.14. The van der Waals surface area contributed by atoms with Gasteiger partial charge in [0.15, 0.2) is 15.9 Å². The summed E-state index contributed by atoms with van der Waals surface area (Å²) in [4.78, 5) is 35.9. The average molecular weight is 404 g/mol. The standard InChI is InChI=1S/C19H20N2O6S/c1-13(17(22)21-19(24)20-12-14-8-4-3-5-9-14)27-18(23)15-10-6-7-11-16(15)28(2,25)26/h3-11,13H,12H2,1-2H3,(H2,20,21,22,24)/t13-/m1/s1. The van der Waals surface area contributed by atoms with E-state index in [1.165, 1.54) is 31.2 Å². The van der Waals surface area contributed by atoms with Gasteiger partial charge in [0.2, 0.25) is 0 Å². The second-order valence-corrected chi connectivity index (χ2v) is 7.96. The van der Waals surface area contributed by atoms with Crippen molar-refractivity contribution in [3.8, 4) is 0 Å². The van der Waals surface area contributed by atoms with Crippen LogP contribution in [-0.4, -0.2) is 38.7 Å². The third kappa shape index (κ3) is 5.92. The summed E-state index contributed by atoms with van der Waals surface area (Å²) >= 11 is 0. The van der Waals surface area contributed by atoms with Crippen molar-refractivity contribution in [1.29, 1.82) is 0 Å².